The molecule has 1 unspecified atom stereocenters. The van der Waals surface area contributed by atoms with Gasteiger partial charge in [-0.15, -0.1) is 0 Å². The summed E-state index contributed by atoms with van der Waals surface area (Å²) in [4.78, 5) is 0. The first-order chi connectivity index (χ1) is 6.07. The van der Waals surface area contributed by atoms with E-state index in [1.807, 2.05) is 6.92 Å². The summed E-state index contributed by atoms with van der Waals surface area (Å²) in [5.74, 6) is 0.204. The quantitative estimate of drug-likeness (QED) is 0.492. The van der Waals surface area contributed by atoms with Gasteiger partial charge in [-0.05, 0) is 39.0 Å². The summed E-state index contributed by atoms with van der Waals surface area (Å²) >= 11 is 0. The number of hydrogen-bond donors (Lipinski definition) is 2. The first-order valence-electron chi connectivity index (χ1n) is 5.00. The molecule has 2 heteroatoms. The van der Waals surface area contributed by atoms with Gasteiger partial charge in [-0.2, -0.15) is 0 Å². The van der Waals surface area contributed by atoms with Crippen LogP contribution in [0.2, 0.25) is 0 Å². The van der Waals surface area contributed by atoms with Crippen LogP contribution in [0.25, 0.3) is 0 Å². The highest BCUT2D eigenvalue weighted by atomic mass is 16.3. The molecule has 0 saturated carbocycles. The predicted octanol–water partition coefficient (Wildman–Crippen LogP) is 2.11. The highest BCUT2D eigenvalue weighted by molar-refractivity contribution is 4.92. The van der Waals surface area contributed by atoms with E-state index in [0.717, 1.165) is 19.3 Å². The van der Waals surface area contributed by atoms with Gasteiger partial charge in [-0.25, -0.2) is 0 Å². The molecule has 0 aromatic rings. The maximum Gasteiger partial charge on any atom is 0.0796 e. The molecule has 2 atom stereocenters. The molecule has 0 saturated heterocycles. The molecule has 0 aromatic heterocycles. The second kappa shape index (κ2) is 7.10. The normalized spacial score (nSPS) is 15.2. The average Bonchev–Trinajstić information content (AvgIpc) is 2.10. The smallest absolute Gasteiger partial charge is 0.0796 e. The van der Waals surface area contributed by atoms with E-state index >= 15 is 0 Å². The number of rotatable bonds is 6. The summed E-state index contributed by atoms with van der Waals surface area (Å²) in [6, 6.07) is 0. The van der Waals surface area contributed by atoms with Crippen molar-refractivity contribution in [1.29, 1.82) is 0 Å². The number of hydrogen-bond acceptors (Lipinski definition) is 2. The number of aliphatic hydroxyl groups is 2. The second-order valence-corrected chi connectivity index (χ2v) is 3.94. The van der Waals surface area contributed by atoms with E-state index < -0.39 is 6.10 Å². The molecule has 0 aliphatic carbocycles. The van der Waals surface area contributed by atoms with Gasteiger partial charge in [-0.1, -0.05) is 18.6 Å². The first kappa shape index (κ1) is 12.7. The highest BCUT2D eigenvalue weighted by Crippen LogP contribution is 2.12. The first-order valence-corrected chi connectivity index (χ1v) is 5.00. The highest BCUT2D eigenvalue weighted by Gasteiger charge is 2.11. The van der Waals surface area contributed by atoms with Gasteiger partial charge in [0.25, 0.3) is 0 Å². The Balaban J connectivity index is 3.47. The summed E-state index contributed by atoms with van der Waals surface area (Å²) in [7, 11) is 0. The molecule has 0 fully saturated rings. The van der Waals surface area contributed by atoms with Gasteiger partial charge in [0, 0.05) is 0 Å². The lowest BCUT2D eigenvalue weighted by atomic mass is 9.98. The molecule has 78 valence electrons. The minimum atomic E-state index is -0.549. The van der Waals surface area contributed by atoms with Crippen molar-refractivity contribution in [2.75, 3.05) is 6.61 Å². The maximum absolute atomic E-state index is 9.27. The zero-order valence-electron chi connectivity index (χ0n) is 8.95. The lowest BCUT2D eigenvalue weighted by molar-refractivity contribution is 0.0498. The van der Waals surface area contributed by atoms with E-state index in [1.54, 1.807) is 0 Å². The summed E-state index contributed by atoms with van der Waals surface area (Å²) in [5.41, 5.74) is 1.34. The van der Waals surface area contributed by atoms with Gasteiger partial charge < -0.3 is 10.2 Å². The standard InChI is InChI=1S/C11H22O2/c1-9(2)6-4-5-7-10(3)11(13)8-12/h6,10-13H,4-5,7-8H2,1-3H3/t10?,11-/m1/s1. The van der Waals surface area contributed by atoms with Crippen molar-refractivity contribution in [3.05, 3.63) is 11.6 Å². The molecule has 13 heavy (non-hydrogen) atoms. The van der Waals surface area contributed by atoms with Crippen LogP contribution in [-0.2, 0) is 0 Å². The minimum Gasteiger partial charge on any atom is -0.394 e. The summed E-state index contributed by atoms with van der Waals surface area (Å²) in [5, 5.41) is 18.0. The Hall–Kier alpha value is -0.340. The fraction of sp³-hybridized carbons (Fsp3) is 0.818. The van der Waals surface area contributed by atoms with Gasteiger partial charge in [0.05, 0.1) is 12.7 Å². The topological polar surface area (TPSA) is 40.5 Å². The summed E-state index contributed by atoms with van der Waals surface area (Å²) in [6.07, 6.45) is 4.80. The summed E-state index contributed by atoms with van der Waals surface area (Å²) in [6.45, 7) is 6.03. The molecule has 2 nitrogen and oxygen atoms in total. The second-order valence-electron chi connectivity index (χ2n) is 3.94. The number of unbranched alkanes of at least 4 members (excludes halogenated alkanes) is 1. The van der Waals surface area contributed by atoms with E-state index in [1.165, 1.54) is 5.57 Å². The van der Waals surface area contributed by atoms with Crippen molar-refractivity contribution < 1.29 is 10.2 Å². The van der Waals surface area contributed by atoms with Crippen molar-refractivity contribution in [1.82, 2.24) is 0 Å². The zero-order valence-corrected chi connectivity index (χ0v) is 8.95. The SMILES string of the molecule is CC(C)=CCCCC(C)[C@H](O)CO. The van der Waals surface area contributed by atoms with Gasteiger partial charge in [0.2, 0.25) is 0 Å². The lowest BCUT2D eigenvalue weighted by Crippen LogP contribution is -2.21. The van der Waals surface area contributed by atoms with E-state index in [9.17, 15) is 5.11 Å². The maximum atomic E-state index is 9.27. The van der Waals surface area contributed by atoms with Crippen LogP contribution in [0.3, 0.4) is 0 Å². The average molecular weight is 186 g/mol. The van der Waals surface area contributed by atoms with Crippen LogP contribution in [0.4, 0.5) is 0 Å². The Morgan fingerprint density at radius 2 is 2.00 bits per heavy atom. The van der Waals surface area contributed by atoms with Crippen LogP contribution in [0.1, 0.15) is 40.0 Å². The molecule has 0 amide bonds. The van der Waals surface area contributed by atoms with Gasteiger partial charge >= 0.3 is 0 Å². The Morgan fingerprint density at radius 3 is 2.46 bits per heavy atom. The predicted molar refractivity (Wildman–Crippen MR) is 55.5 cm³/mol. The molecule has 2 N–H and O–H groups in total. The monoisotopic (exact) mass is 186 g/mol. The number of aliphatic hydroxyl groups excluding tert-OH is 2. The molecule has 0 aliphatic heterocycles. The molecule has 0 rings (SSSR count). The zero-order chi connectivity index (χ0) is 10.3. The molecule has 0 radical (unpaired) electrons. The molecular weight excluding hydrogens is 164 g/mol. The van der Waals surface area contributed by atoms with Crippen LogP contribution in [0, 0.1) is 5.92 Å². The molecule has 0 bridgehead atoms. The number of allylic oxidation sites excluding steroid dienone is 2. The molecule has 0 aliphatic rings. The Kier molecular flexibility index (Phi) is 6.92. The molecule has 0 aromatic carbocycles. The van der Waals surface area contributed by atoms with Crippen molar-refractivity contribution in [2.24, 2.45) is 5.92 Å². The van der Waals surface area contributed by atoms with Gasteiger partial charge in [0.1, 0.15) is 0 Å². The Bertz CT molecular complexity index is 148. The van der Waals surface area contributed by atoms with Crippen molar-refractivity contribution >= 4 is 0 Å². The van der Waals surface area contributed by atoms with E-state index in [0.29, 0.717) is 0 Å². The van der Waals surface area contributed by atoms with Crippen LogP contribution in [-0.4, -0.2) is 22.9 Å². The molecule has 0 heterocycles. The van der Waals surface area contributed by atoms with Crippen molar-refractivity contribution in [2.45, 2.75) is 46.1 Å². The van der Waals surface area contributed by atoms with E-state index in [2.05, 4.69) is 19.9 Å². The van der Waals surface area contributed by atoms with Crippen LogP contribution < -0.4 is 0 Å². The summed E-state index contributed by atoms with van der Waals surface area (Å²) < 4.78 is 0. The third-order valence-electron chi connectivity index (χ3n) is 2.26. The minimum absolute atomic E-state index is 0.121. The largest absolute Gasteiger partial charge is 0.394 e. The third-order valence-corrected chi connectivity index (χ3v) is 2.26. The Morgan fingerprint density at radius 1 is 1.38 bits per heavy atom. The van der Waals surface area contributed by atoms with Crippen LogP contribution >= 0.6 is 0 Å². The molecule has 0 spiro atoms. The van der Waals surface area contributed by atoms with Crippen molar-refractivity contribution in [3.63, 3.8) is 0 Å². The van der Waals surface area contributed by atoms with Gasteiger partial charge in [0.15, 0.2) is 0 Å². The molecular formula is C11H22O2. The Labute approximate surface area is 81.3 Å². The fourth-order valence-electron chi connectivity index (χ4n) is 1.20. The van der Waals surface area contributed by atoms with Crippen LogP contribution in [0.15, 0.2) is 11.6 Å². The third kappa shape index (κ3) is 6.79. The van der Waals surface area contributed by atoms with Crippen molar-refractivity contribution in [3.8, 4) is 0 Å². The van der Waals surface area contributed by atoms with E-state index in [4.69, 9.17) is 5.11 Å². The fourth-order valence-corrected chi connectivity index (χ4v) is 1.20. The van der Waals surface area contributed by atoms with Gasteiger partial charge in [-0.3, -0.25) is 0 Å². The van der Waals surface area contributed by atoms with Crippen LogP contribution in [0.5, 0.6) is 0 Å². The van der Waals surface area contributed by atoms with E-state index in [-0.39, 0.29) is 12.5 Å². The lowest BCUT2D eigenvalue weighted by Gasteiger charge is -2.15.